The molecule has 0 bridgehead atoms. The fraction of sp³-hybridized carbons (Fsp3) is 0.200. The first-order valence-corrected chi connectivity index (χ1v) is 6.85. The molecule has 1 N–H and O–H groups in total. The van der Waals surface area contributed by atoms with Gasteiger partial charge in [0.2, 0.25) is 11.8 Å². The Hall–Kier alpha value is -0.200. The maximum atomic E-state index is 11.6. The van der Waals surface area contributed by atoms with E-state index >= 15 is 0 Å². The van der Waals surface area contributed by atoms with Crippen LogP contribution in [0.1, 0.15) is 17.9 Å². The molecular weight excluding hydrogens is 406 g/mol. The lowest BCUT2D eigenvalue weighted by molar-refractivity contribution is -0.125. The minimum Gasteiger partial charge on any atom is -0.296 e. The van der Waals surface area contributed by atoms with Gasteiger partial charge in [-0.3, -0.25) is 14.9 Å². The van der Waals surface area contributed by atoms with E-state index in [1.54, 1.807) is 0 Å². The Balaban J connectivity index is 2.45. The molecule has 1 unspecified atom stereocenters. The van der Waals surface area contributed by atoms with Crippen LogP contribution in [0, 0.1) is 0 Å². The molecule has 6 heteroatoms. The van der Waals surface area contributed by atoms with Gasteiger partial charge in [0.05, 0.1) is 5.92 Å². The van der Waals surface area contributed by atoms with Crippen molar-refractivity contribution in [2.45, 2.75) is 12.3 Å². The Morgan fingerprint density at radius 1 is 1.12 bits per heavy atom. The van der Waals surface area contributed by atoms with Crippen LogP contribution in [-0.2, 0) is 9.59 Å². The lowest BCUT2D eigenvalue weighted by atomic mass is 9.98. The third kappa shape index (κ3) is 2.10. The van der Waals surface area contributed by atoms with Crippen molar-refractivity contribution in [3.63, 3.8) is 0 Å². The van der Waals surface area contributed by atoms with Crippen LogP contribution in [0.15, 0.2) is 25.6 Å². The van der Waals surface area contributed by atoms with Crippen LogP contribution < -0.4 is 5.32 Å². The minimum atomic E-state index is -0.397. The summed E-state index contributed by atoms with van der Waals surface area (Å²) in [5, 5.41) is 2.30. The van der Waals surface area contributed by atoms with Gasteiger partial charge in [-0.15, -0.1) is 0 Å². The van der Waals surface area contributed by atoms with Crippen molar-refractivity contribution in [2.75, 3.05) is 0 Å². The Kier molecular flexibility index (Phi) is 3.51. The fourth-order valence-electron chi connectivity index (χ4n) is 1.61. The monoisotopic (exact) mass is 409 g/mol. The smallest absolute Gasteiger partial charge is 0.234 e. The highest BCUT2D eigenvalue weighted by atomic mass is 79.9. The molecule has 1 aromatic carbocycles. The summed E-state index contributed by atoms with van der Waals surface area (Å²) in [7, 11) is 0. The summed E-state index contributed by atoms with van der Waals surface area (Å²) in [4.78, 5) is 22.7. The van der Waals surface area contributed by atoms with Gasteiger partial charge in [0.25, 0.3) is 0 Å². The third-order valence-electron chi connectivity index (χ3n) is 2.41. The topological polar surface area (TPSA) is 46.2 Å². The Bertz CT molecular complexity index is 487. The van der Waals surface area contributed by atoms with Crippen molar-refractivity contribution in [3.05, 3.63) is 31.1 Å². The number of carbonyl (C=O) groups excluding carboxylic acids is 2. The van der Waals surface area contributed by atoms with Crippen LogP contribution in [-0.4, -0.2) is 11.8 Å². The molecule has 0 aromatic heterocycles. The van der Waals surface area contributed by atoms with Crippen LogP contribution in [0.5, 0.6) is 0 Å². The highest BCUT2D eigenvalue weighted by molar-refractivity contribution is 9.14. The molecule has 1 saturated heterocycles. The summed E-state index contributed by atoms with van der Waals surface area (Å²) in [6.45, 7) is 0. The van der Waals surface area contributed by atoms with Crippen molar-refractivity contribution >= 4 is 59.6 Å². The van der Waals surface area contributed by atoms with Crippen LogP contribution in [0.25, 0.3) is 0 Å². The van der Waals surface area contributed by atoms with Gasteiger partial charge in [0.15, 0.2) is 0 Å². The van der Waals surface area contributed by atoms with E-state index in [0.717, 1.165) is 19.0 Å². The third-order valence-corrected chi connectivity index (χ3v) is 5.81. The molecule has 3 nitrogen and oxygen atoms in total. The van der Waals surface area contributed by atoms with Crippen LogP contribution in [0.4, 0.5) is 0 Å². The first-order chi connectivity index (χ1) is 7.50. The number of hydrogen-bond acceptors (Lipinski definition) is 2. The molecule has 2 rings (SSSR count). The van der Waals surface area contributed by atoms with Gasteiger partial charge in [-0.2, -0.15) is 0 Å². The van der Waals surface area contributed by atoms with E-state index < -0.39 is 5.92 Å². The molecule has 1 aliphatic rings. The SMILES string of the molecule is O=C1CC(c2ccc(Br)c(Br)c2Br)C(=O)N1. The number of rotatable bonds is 1. The summed E-state index contributed by atoms with van der Waals surface area (Å²) in [6, 6.07) is 3.68. The van der Waals surface area contributed by atoms with Crippen molar-refractivity contribution in [3.8, 4) is 0 Å². The molecule has 1 aliphatic heterocycles. The normalized spacial score (nSPS) is 20.1. The van der Waals surface area contributed by atoms with Gasteiger partial charge in [-0.05, 0) is 59.4 Å². The number of nitrogens with one attached hydrogen (secondary N) is 1. The van der Waals surface area contributed by atoms with Crippen molar-refractivity contribution < 1.29 is 9.59 Å². The summed E-state index contributed by atoms with van der Waals surface area (Å²) in [5.41, 5.74) is 0.818. The standard InChI is InChI=1S/C10H6Br3NO2/c11-6-2-1-4(8(12)9(6)13)5-3-7(15)14-10(5)16/h1-2,5H,3H2,(H,14,15,16). The quantitative estimate of drug-likeness (QED) is 0.570. The second-order valence-electron chi connectivity index (χ2n) is 3.43. The van der Waals surface area contributed by atoms with E-state index in [9.17, 15) is 9.59 Å². The van der Waals surface area contributed by atoms with E-state index in [-0.39, 0.29) is 18.2 Å². The zero-order chi connectivity index (χ0) is 11.9. The highest BCUT2D eigenvalue weighted by Crippen LogP contribution is 2.38. The zero-order valence-corrected chi connectivity index (χ0v) is 12.6. The lowest BCUT2D eigenvalue weighted by Crippen LogP contribution is -2.21. The maximum absolute atomic E-state index is 11.6. The average molecular weight is 412 g/mol. The highest BCUT2D eigenvalue weighted by Gasteiger charge is 2.33. The summed E-state index contributed by atoms with van der Waals surface area (Å²) in [5.74, 6) is -0.855. The molecular formula is C10H6Br3NO2. The maximum Gasteiger partial charge on any atom is 0.234 e. The largest absolute Gasteiger partial charge is 0.296 e. The van der Waals surface area contributed by atoms with Gasteiger partial charge in [-0.1, -0.05) is 6.07 Å². The molecule has 0 aliphatic carbocycles. The fourth-order valence-corrected chi connectivity index (χ4v) is 3.19. The average Bonchev–Trinajstić information content (AvgIpc) is 2.55. The molecule has 0 saturated carbocycles. The number of carbonyl (C=O) groups is 2. The van der Waals surface area contributed by atoms with Gasteiger partial charge in [-0.25, -0.2) is 0 Å². The van der Waals surface area contributed by atoms with Crippen molar-refractivity contribution in [1.82, 2.24) is 5.32 Å². The molecule has 1 heterocycles. The van der Waals surface area contributed by atoms with E-state index in [1.165, 1.54) is 0 Å². The van der Waals surface area contributed by atoms with E-state index in [2.05, 4.69) is 53.1 Å². The first kappa shape index (κ1) is 12.3. The van der Waals surface area contributed by atoms with E-state index in [0.29, 0.717) is 0 Å². The molecule has 84 valence electrons. The van der Waals surface area contributed by atoms with Crippen LogP contribution in [0.2, 0.25) is 0 Å². The summed E-state index contributed by atoms with van der Waals surface area (Å²) in [6.07, 6.45) is 0.214. The number of hydrogen-bond donors (Lipinski definition) is 1. The predicted molar refractivity (Wildman–Crippen MR) is 70.0 cm³/mol. The molecule has 0 radical (unpaired) electrons. The molecule has 0 spiro atoms. The Morgan fingerprint density at radius 2 is 1.81 bits per heavy atom. The first-order valence-electron chi connectivity index (χ1n) is 4.48. The molecule has 16 heavy (non-hydrogen) atoms. The second kappa shape index (κ2) is 4.58. The zero-order valence-electron chi connectivity index (χ0n) is 7.89. The Labute approximate surface area is 117 Å². The van der Waals surface area contributed by atoms with Gasteiger partial charge < -0.3 is 0 Å². The van der Waals surface area contributed by atoms with Crippen molar-refractivity contribution in [2.24, 2.45) is 0 Å². The molecule has 1 aromatic rings. The number of imide groups is 1. The second-order valence-corrected chi connectivity index (χ2v) is 5.87. The van der Waals surface area contributed by atoms with E-state index in [4.69, 9.17) is 0 Å². The van der Waals surface area contributed by atoms with Crippen LogP contribution >= 0.6 is 47.8 Å². The summed E-state index contributed by atoms with van der Waals surface area (Å²) >= 11 is 10.2. The lowest BCUT2D eigenvalue weighted by Gasteiger charge is -2.11. The molecule has 1 fully saturated rings. The summed E-state index contributed by atoms with van der Waals surface area (Å²) < 4.78 is 2.54. The Morgan fingerprint density at radius 3 is 2.38 bits per heavy atom. The predicted octanol–water partition coefficient (Wildman–Crippen LogP) is 3.10. The number of benzene rings is 1. The number of amides is 2. The van der Waals surface area contributed by atoms with E-state index in [1.807, 2.05) is 12.1 Å². The van der Waals surface area contributed by atoms with Crippen molar-refractivity contribution in [1.29, 1.82) is 0 Å². The minimum absolute atomic E-state index is 0.214. The molecule has 2 amide bonds. The van der Waals surface area contributed by atoms with Gasteiger partial charge in [0, 0.05) is 19.8 Å². The van der Waals surface area contributed by atoms with Gasteiger partial charge >= 0.3 is 0 Å². The number of halogens is 3. The molecule has 1 atom stereocenters. The van der Waals surface area contributed by atoms with Crippen LogP contribution in [0.3, 0.4) is 0 Å². The van der Waals surface area contributed by atoms with Gasteiger partial charge in [0.1, 0.15) is 0 Å².